The zero-order valence-electron chi connectivity index (χ0n) is 18.5. The first-order valence-electron chi connectivity index (χ1n) is 9.52. The zero-order chi connectivity index (χ0) is 22.7. The molecule has 0 radical (unpaired) electrons. The highest BCUT2D eigenvalue weighted by molar-refractivity contribution is 5.95. The van der Waals surface area contributed by atoms with Crippen molar-refractivity contribution in [3.63, 3.8) is 0 Å². The Morgan fingerprint density at radius 3 is 1.97 bits per heavy atom. The molecule has 1 aromatic rings. The highest BCUT2D eigenvalue weighted by Crippen LogP contribution is 2.33. The lowest BCUT2D eigenvalue weighted by molar-refractivity contribution is -0.159. The fourth-order valence-corrected chi connectivity index (χ4v) is 2.79. The van der Waals surface area contributed by atoms with Gasteiger partial charge in [0, 0.05) is 6.42 Å². The Bertz CT molecular complexity index is 825. The molecule has 1 aliphatic heterocycles. The average Bonchev–Trinajstić information content (AvgIpc) is 2.99. The molecule has 1 atom stereocenters. The van der Waals surface area contributed by atoms with Gasteiger partial charge in [-0.15, -0.1) is 0 Å². The number of benzene rings is 1. The van der Waals surface area contributed by atoms with Crippen molar-refractivity contribution in [2.24, 2.45) is 4.99 Å². The van der Waals surface area contributed by atoms with E-state index in [0.29, 0.717) is 5.56 Å². The Balaban J connectivity index is 2.54. The fraction of sp³-hybridized carbons (Fsp3) is 0.524. The van der Waals surface area contributed by atoms with Gasteiger partial charge in [-0.25, -0.2) is 19.4 Å². The van der Waals surface area contributed by atoms with Crippen molar-refractivity contribution in [2.45, 2.75) is 64.8 Å². The Kier molecular flexibility index (Phi) is 6.44. The highest BCUT2D eigenvalue weighted by Gasteiger charge is 2.57. The summed E-state index contributed by atoms with van der Waals surface area (Å²) in [4.78, 5) is 43.1. The smallest absolute Gasteiger partial charge is 0.435 e. The van der Waals surface area contributed by atoms with Gasteiger partial charge in [-0.05, 0) is 47.1 Å². The van der Waals surface area contributed by atoms with Gasteiger partial charge < -0.3 is 14.2 Å². The first kappa shape index (κ1) is 23.2. The molecule has 1 aliphatic rings. The molecule has 0 N–H and O–H groups in total. The Labute approximate surface area is 176 Å². The number of amides is 2. The van der Waals surface area contributed by atoms with Crippen LogP contribution in [-0.2, 0) is 25.4 Å². The van der Waals surface area contributed by atoms with Gasteiger partial charge in [0.05, 0.1) is 7.11 Å². The topological polar surface area (TPSA) is 97.7 Å². The SMILES string of the molecule is COC(=O)C1(Cc2ccccc2)N=CN(C(=O)OC(C)(C)C)N1C(=O)OC(C)(C)C. The van der Waals surface area contributed by atoms with E-state index >= 15 is 0 Å². The number of rotatable bonds is 3. The van der Waals surface area contributed by atoms with Gasteiger partial charge in [0.15, 0.2) is 0 Å². The van der Waals surface area contributed by atoms with E-state index < -0.39 is 35.0 Å². The van der Waals surface area contributed by atoms with Crippen LogP contribution in [-0.4, -0.2) is 58.5 Å². The summed E-state index contributed by atoms with van der Waals surface area (Å²) in [5, 5.41) is 1.70. The van der Waals surface area contributed by atoms with Crippen LogP contribution in [0.25, 0.3) is 0 Å². The summed E-state index contributed by atoms with van der Waals surface area (Å²) in [5.41, 5.74) is -2.87. The molecule has 9 heteroatoms. The summed E-state index contributed by atoms with van der Waals surface area (Å²) in [6.07, 6.45) is -0.768. The molecule has 164 valence electrons. The minimum Gasteiger partial charge on any atom is -0.466 e. The normalized spacial score (nSPS) is 18.9. The van der Waals surface area contributed by atoms with Crippen molar-refractivity contribution in [3.8, 4) is 0 Å². The van der Waals surface area contributed by atoms with E-state index in [1.807, 2.05) is 6.07 Å². The molecule has 0 aliphatic carbocycles. The average molecular weight is 419 g/mol. The van der Waals surface area contributed by atoms with Gasteiger partial charge >= 0.3 is 18.2 Å². The molecule has 2 rings (SSSR count). The molecule has 1 aromatic carbocycles. The third-order valence-electron chi connectivity index (χ3n) is 3.90. The van der Waals surface area contributed by atoms with Crippen molar-refractivity contribution in [1.29, 1.82) is 0 Å². The fourth-order valence-electron chi connectivity index (χ4n) is 2.79. The second-order valence-corrected chi connectivity index (χ2v) is 8.83. The third-order valence-corrected chi connectivity index (χ3v) is 3.90. The second-order valence-electron chi connectivity index (χ2n) is 8.83. The minimum absolute atomic E-state index is 0.0322. The second kappa shape index (κ2) is 8.33. The van der Waals surface area contributed by atoms with E-state index in [0.717, 1.165) is 16.4 Å². The molecule has 1 heterocycles. The largest absolute Gasteiger partial charge is 0.466 e. The maximum atomic E-state index is 13.1. The Hall–Kier alpha value is -3.10. The molecule has 0 fully saturated rings. The molecule has 0 bridgehead atoms. The van der Waals surface area contributed by atoms with Crippen molar-refractivity contribution in [1.82, 2.24) is 10.0 Å². The van der Waals surface area contributed by atoms with E-state index in [1.54, 1.807) is 65.8 Å². The van der Waals surface area contributed by atoms with Crippen LogP contribution in [0.3, 0.4) is 0 Å². The summed E-state index contributed by atoms with van der Waals surface area (Å²) in [6, 6.07) is 8.98. The zero-order valence-corrected chi connectivity index (χ0v) is 18.5. The van der Waals surface area contributed by atoms with Crippen molar-refractivity contribution in [2.75, 3.05) is 7.11 Å². The number of hydrogen-bond donors (Lipinski definition) is 0. The molecule has 0 spiro atoms. The summed E-state index contributed by atoms with van der Waals surface area (Å²) in [6.45, 7) is 10.1. The predicted molar refractivity (Wildman–Crippen MR) is 110 cm³/mol. The summed E-state index contributed by atoms with van der Waals surface area (Å²) in [5.74, 6) is -0.820. The molecule has 1 unspecified atom stereocenters. The lowest BCUT2D eigenvalue weighted by Crippen LogP contribution is -2.62. The van der Waals surface area contributed by atoms with Crippen LogP contribution in [0, 0.1) is 0 Å². The number of hydrogen-bond acceptors (Lipinski definition) is 7. The van der Waals surface area contributed by atoms with Crippen molar-refractivity contribution < 1.29 is 28.6 Å². The van der Waals surface area contributed by atoms with Crippen LogP contribution < -0.4 is 0 Å². The first-order valence-corrected chi connectivity index (χ1v) is 9.52. The standard InChI is InChI=1S/C21H29N3O6/c1-19(2,3)29-17(26)23-14-22-21(16(25)28-7,13-15-11-9-8-10-12-15)24(23)18(27)30-20(4,5)6/h8-12,14H,13H2,1-7H3. The van der Waals surface area contributed by atoms with Crippen molar-refractivity contribution >= 4 is 24.5 Å². The van der Waals surface area contributed by atoms with Crippen molar-refractivity contribution in [3.05, 3.63) is 35.9 Å². The summed E-state index contributed by atoms with van der Waals surface area (Å²) in [7, 11) is 1.19. The molecular formula is C21H29N3O6. The maximum absolute atomic E-state index is 13.1. The van der Waals surface area contributed by atoms with Gasteiger partial charge in [-0.2, -0.15) is 10.0 Å². The van der Waals surface area contributed by atoms with E-state index in [2.05, 4.69) is 4.99 Å². The first-order chi connectivity index (χ1) is 13.8. The molecular weight excluding hydrogens is 390 g/mol. The number of ether oxygens (including phenoxy) is 3. The van der Waals surface area contributed by atoms with Gasteiger partial charge in [0.1, 0.15) is 17.5 Å². The molecule has 30 heavy (non-hydrogen) atoms. The monoisotopic (exact) mass is 419 g/mol. The number of nitrogens with zero attached hydrogens (tertiary/aromatic N) is 3. The predicted octanol–water partition coefficient (Wildman–Crippen LogP) is 3.53. The molecule has 0 aromatic heterocycles. The number of methoxy groups -OCH3 is 1. The Morgan fingerprint density at radius 1 is 0.933 bits per heavy atom. The van der Waals surface area contributed by atoms with Crippen LogP contribution >= 0.6 is 0 Å². The van der Waals surface area contributed by atoms with E-state index in [4.69, 9.17) is 14.2 Å². The highest BCUT2D eigenvalue weighted by atomic mass is 16.6. The Morgan fingerprint density at radius 2 is 1.47 bits per heavy atom. The summed E-state index contributed by atoms with van der Waals surface area (Å²) >= 11 is 0. The molecule has 2 amide bonds. The summed E-state index contributed by atoms with van der Waals surface area (Å²) < 4.78 is 15.8. The van der Waals surface area contributed by atoms with E-state index in [9.17, 15) is 14.4 Å². The van der Waals surface area contributed by atoms with Crippen LogP contribution in [0.15, 0.2) is 35.3 Å². The quantitative estimate of drug-likeness (QED) is 0.549. The van der Waals surface area contributed by atoms with Gasteiger partial charge in [0.25, 0.3) is 5.66 Å². The van der Waals surface area contributed by atoms with Gasteiger partial charge in [-0.3, -0.25) is 0 Å². The van der Waals surface area contributed by atoms with Crippen LogP contribution in [0.2, 0.25) is 0 Å². The minimum atomic E-state index is -1.87. The maximum Gasteiger partial charge on any atom is 0.435 e. The number of carbonyl (C=O) groups is 3. The third kappa shape index (κ3) is 5.28. The number of aliphatic imine (C=N–C) groups is 1. The van der Waals surface area contributed by atoms with Crippen LogP contribution in [0.4, 0.5) is 9.59 Å². The van der Waals surface area contributed by atoms with Crippen LogP contribution in [0.5, 0.6) is 0 Å². The molecule has 0 saturated carbocycles. The van der Waals surface area contributed by atoms with E-state index in [1.165, 1.54) is 7.11 Å². The molecule has 9 nitrogen and oxygen atoms in total. The van der Waals surface area contributed by atoms with Gasteiger partial charge in [-0.1, -0.05) is 30.3 Å². The molecule has 0 saturated heterocycles. The number of esters is 1. The van der Waals surface area contributed by atoms with E-state index in [-0.39, 0.29) is 6.42 Å². The lowest BCUT2D eigenvalue weighted by Gasteiger charge is -2.38. The van der Waals surface area contributed by atoms with Gasteiger partial charge in [0.2, 0.25) is 0 Å². The number of carbonyl (C=O) groups excluding carboxylic acids is 3. The van der Waals surface area contributed by atoms with Crippen LogP contribution in [0.1, 0.15) is 47.1 Å². The lowest BCUT2D eigenvalue weighted by atomic mass is 9.99. The number of hydrazine groups is 1.